The number of nitrogens with one attached hydrogen (secondary N) is 2. The molecule has 0 aromatic heterocycles. The minimum atomic E-state index is 0.0974. The zero-order valence-corrected chi connectivity index (χ0v) is 22.7. The Labute approximate surface area is 211 Å². The fourth-order valence-corrected chi connectivity index (χ4v) is 3.89. The summed E-state index contributed by atoms with van der Waals surface area (Å²) in [5.41, 5.74) is 0. The van der Waals surface area contributed by atoms with Crippen molar-refractivity contribution in [3.63, 3.8) is 0 Å². The lowest BCUT2D eigenvalue weighted by atomic mass is 10.1. The van der Waals surface area contributed by atoms with Crippen molar-refractivity contribution in [3.05, 3.63) is 24.3 Å². The molecule has 0 radical (unpaired) electrons. The van der Waals surface area contributed by atoms with Gasteiger partial charge in [0.15, 0.2) is 0 Å². The molecule has 0 heterocycles. The number of unbranched alkanes of at least 4 members (excludes halogenated alkanes) is 13. The lowest BCUT2D eigenvalue weighted by Crippen LogP contribution is -2.25. The van der Waals surface area contributed by atoms with Crippen molar-refractivity contribution >= 4 is 11.8 Å². The second-order valence-corrected chi connectivity index (χ2v) is 9.54. The van der Waals surface area contributed by atoms with Crippen LogP contribution in [0.2, 0.25) is 0 Å². The van der Waals surface area contributed by atoms with Crippen LogP contribution in [0.15, 0.2) is 24.3 Å². The summed E-state index contributed by atoms with van der Waals surface area (Å²) >= 11 is 0. The maximum absolute atomic E-state index is 11.9. The Hall–Kier alpha value is -1.58. The summed E-state index contributed by atoms with van der Waals surface area (Å²) in [6.45, 7) is 5.91. The van der Waals surface area contributed by atoms with Crippen molar-refractivity contribution < 1.29 is 9.59 Å². The summed E-state index contributed by atoms with van der Waals surface area (Å²) < 4.78 is 0. The fourth-order valence-electron chi connectivity index (χ4n) is 3.89. The van der Waals surface area contributed by atoms with Crippen molar-refractivity contribution in [1.29, 1.82) is 0 Å². The molecule has 2 N–H and O–H groups in total. The van der Waals surface area contributed by atoms with E-state index >= 15 is 0 Å². The van der Waals surface area contributed by atoms with E-state index in [1.807, 2.05) is 0 Å². The van der Waals surface area contributed by atoms with Crippen LogP contribution in [0.4, 0.5) is 0 Å². The number of hydrogen-bond donors (Lipinski definition) is 2. The number of allylic oxidation sites excluding steroid dienone is 2. The number of amides is 2. The first-order chi connectivity index (χ1) is 16.7. The topological polar surface area (TPSA) is 58.2 Å². The Morgan fingerprint density at radius 2 is 0.824 bits per heavy atom. The molecule has 198 valence electrons. The first-order valence-electron chi connectivity index (χ1n) is 14.5. The molecule has 0 aliphatic rings. The van der Waals surface area contributed by atoms with Crippen molar-refractivity contribution in [2.45, 2.75) is 142 Å². The second-order valence-electron chi connectivity index (χ2n) is 9.54. The van der Waals surface area contributed by atoms with Crippen LogP contribution in [0.25, 0.3) is 0 Å². The van der Waals surface area contributed by atoms with Gasteiger partial charge >= 0.3 is 0 Å². The fraction of sp³-hybridized carbons (Fsp3) is 0.800. The molecule has 0 fully saturated rings. The van der Waals surface area contributed by atoms with Crippen LogP contribution in [-0.2, 0) is 9.59 Å². The molecule has 0 saturated carbocycles. The third-order valence-corrected chi connectivity index (χ3v) is 6.11. The third kappa shape index (κ3) is 26.7. The van der Waals surface area contributed by atoms with Gasteiger partial charge in [-0.3, -0.25) is 9.59 Å². The highest BCUT2D eigenvalue weighted by Crippen LogP contribution is 2.08. The molecule has 0 aliphatic carbocycles. The summed E-state index contributed by atoms with van der Waals surface area (Å²) in [6.07, 6.45) is 31.5. The van der Waals surface area contributed by atoms with Crippen molar-refractivity contribution in [2.24, 2.45) is 0 Å². The quantitative estimate of drug-likeness (QED) is 0.103. The number of carbonyl (C=O) groups is 2. The van der Waals surface area contributed by atoms with Gasteiger partial charge < -0.3 is 10.6 Å². The number of hydrogen-bond acceptors (Lipinski definition) is 2. The maximum atomic E-state index is 11.9. The highest BCUT2D eigenvalue weighted by molar-refractivity contribution is 5.77. The van der Waals surface area contributed by atoms with Crippen LogP contribution in [0, 0.1) is 0 Å². The van der Waals surface area contributed by atoms with Gasteiger partial charge in [-0.15, -0.1) is 0 Å². The summed E-state index contributed by atoms with van der Waals surface area (Å²) in [5, 5.41) is 5.95. The van der Waals surface area contributed by atoms with Gasteiger partial charge in [0.2, 0.25) is 11.8 Å². The maximum Gasteiger partial charge on any atom is 0.220 e. The van der Waals surface area contributed by atoms with Crippen LogP contribution < -0.4 is 10.6 Å². The number of rotatable bonds is 25. The summed E-state index contributed by atoms with van der Waals surface area (Å²) in [4.78, 5) is 23.8. The lowest BCUT2D eigenvalue weighted by molar-refractivity contribution is -0.123. The summed E-state index contributed by atoms with van der Waals surface area (Å²) in [7, 11) is 0. The Morgan fingerprint density at radius 1 is 0.471 bits per heavy atom. The highest BCUT2D eigenvalue weighted by atomic mass is 16.2. The van der Waals surface area contributed by atoms with Gasteiger partial charge in [-0.05, 0) is 51.4 Å². The van der Waals surface area contributed by atoms with Crippen LogP contribution in [0.5, 0.6) is 0 Å². The van der Waals surface area contributed by atoms with E-state index in [2.05, 4.69) is 48.8 Å². The van der Waals surface area contributed by atoms with E-state index in [-0.39, 0.29) is 11.8 Å². The first kappa shape index (κ1) is 32.4. The van der Waals surface area contributed by atoms with E-state index < -0.39 is 0 Å². The smallest absolute Gasteiger partial charge is 0.220 e. The predicted molar refractivity (Wildman–Crippen MR) is 148 cm³/mol. The largest absolute Gasteiger partial charge is 0.356 e. The zero-order chi connectivity index (χ0) is 25.0. The SMILES string of the molecule is CCCCCCCC/C=C/CCNC(=O)CCCCC(=O)NCC/C=C/CCCCCCCC. The van der Waals surface area contributed by atoms with Crippen LogP contribution >= 0.6 is 0 Å². The normalized spacial score (nSPS) is 11.5. The lowest BCUT2D eigenvalue weighted by Gasteiger charge is -2.05. The molecular formula is C30H56N2O2. The predicted octanol–water partition coefficient (Wildman–Crippen LogP) is 8.17. The van der Waals surface area contributed by atoms with E-state index in [0.29, 0.717) is 25.9 Å². The molecule has 0 aromatic rings. The molecule has 0 spiro atoms. The molecular weight excluding hydrogens is 420 g/mol. The molecule has 0 aliphatic heterocycles. The molecule has 4 nitrogen and oxygen atoms in total. The van der Waals surface area contributed by atoms with Crippen LogP contribution in [0.1, 0.15) is 142 Å². The van der Waals surface area contributed by atoms with Gasteiger partial charge in [0.1, 0.15) is 0 Å². The molecule has 0 rings (SSSR count). The minimum Gasteiger partial charge on any atom is -0.356 e. The van der Waals surface area contributed by atoms with Crippen molar-refractivity contribution in [1.82, 2.24) is 10.6 Å². The van der Waals surface area contributed by atoms with E-state index in [0.717, 1.165) is 38.5 Å². The van der Waals surface area contributed by atoms with Crippen LogP contribution in [0.3, 0.4) is 0 Å². The van der Waals surface area contributed by atoms with Gasteiger partial charge in [0.05, 0.1) is 0 Å². The van der Waals surface area contributed by atoms with Crippen LogP contribution in [-0.4, -0.2) is 24.9 Å². The summed E-state index contributed by atoms with van der Waals surface area (Å²) in [6, 6.07) is 0. The zero-order valence-electron chi connectivity index (χ0n) is 22.7. The summed E-state index contributed by atoms with van der Waals surface area (Å²) in [5.74, 6) is 0.195. The molecule has 34 heavy (non-hydrogen) atoms. The van der Waals surface area contributed by atoms with E-state index in [4.69, 9.17) is 0 Å². The van der Waals surface area contributed by atoms with Gasteiger partial charge in [-0.25, -0.2) is 0 Å². The molecule has 4 heteroatoms. The Bertz CT molecular complexity index is 468. The van der Waals surface area contributed by atoms with E-state index in [9.17, 15) is 9.59 Å². The Balaban J connectivity index is 3.41. The highest BCUT2D eigenvalue weighted by Gasteiger charge is 2.03. The minimum absolute atomic E-state index is 0.0974. The van der Waals surface area contributed by atoms with E-state index in [1.165, 1.54) is 77.0 Å². The second kappa shape index (κ2) is 27.7. The first-order valence-corrected chi connectivity index (χ1v) is 14.5. The average Bonchev–Trinajstić information content (AvgIpc) is 2.83. The van der Waals surface area contributed by atoms with Crippen molar-refractivity contribution in [3.8, 4) is 0 Å². The van der Waals surface area contributed by atoms with Gasteiger partial charge in [0.25, 0.3) is 0 Å². The number of carbonyl (C=O) groups excluding carboxylic acids is 2. The third-order valence-electron chi connectivity index (χ3n) is 6.11. The average molecular weight is 477 g/mol. The molecule has 0 saturated heterocycles. The monoisotopic (exact) mass is 476 g/mol. The Morgan fingerprint density at radius 3 is 1.24 bits per heavy atom. The van der Waals surface area contributed by atoms with Crippen molar-refractivity contribution in [2.75, 3.05) is 13.1 Å². The molecule has 0 aromatic carbocycles. The Kier molecular flexibility index (Phi) is 26.4. The van der Waals surface area contributed by atoms with E-state index in [1.54, 1.807) is 0 Å². The molecule has 0 unspecified atom stereocenters. The molecule has 2 amide bonds. The molecule has 0 bridgehead atoms. The van der Waals surface area contributed by atoms with Gasteiger partial charge in [-0.1, -0.05) is 102 Å². The van der Waals surface area contributed by atoms with Gasteiger partial charge in [-0.2, -0.15) is 0 Å². The standard InChI is InChI=1S/C30H56N2O2/c1-3-5-7-9-11-13-15-17-19-23-27-31-29(33)25-21-22-26-30(34)32-28-24-20-18-16-14-12-10-8-6-4-2/h17-20H,3-16,21-28H2,1-2H3,(H,31,33)(H,32,34)/b19-17+,20-18+. The van der Waals surface area contributed by atoms with Gasteiger partial charge in [0, 0.05) is 25.9 Å². The molecule has 0 atom stereocenters.